The van der Waals surface area contributed by atoms with E-state index in [9.17, 15) is 39.9 Å². The van der Waals surface area contributed by atoms with E-state index < -0.39 is 40.9 Å². The first-order valence-corrected chi connectivity index (χ1v) is 7.48. The summed E-state index contributed by atoms with van der Waals surface area (Å²) in [4.78, 5) is 16.9. The summed E-state index contributed by atoms with van der Waals surface area (Å²) >= 11 is 0. The molecule has 0 amide bonds. The van der Waals surface area contributed by atoms with Crippen LogP contribution >= 0.6 is 0 Å². The van der Waals surface area contributed by atoms with E-state index in [1.54, 1.807) is 12.1 Å². The number of halogens is 8. The second kappa shape index (κ2) is 8.76. The van der Waals surface area contributed by atoms with E-state index in [4.69, 9.17) is 5.11 Å². The van der Waals surface area contributed by atoms with Gasteiger partial charge in [-0.15, -0.1) is 11.6 Å². The molecule has 0 saturated carbocycles. The molecule has 0 aliphatic heterocycles. The summed E-state index contributed by atoms with van der Waals surface area (Å²) in [6, 6.07) is 7.73. The number of aromatic nitrogens is 2. The fraction of sp³-hybridized carbons (Fsp3) is 0.235. The van der Waals surface area contributed by atoms with Crippen LogP contribution in [0.15, 0.2) is 48.8 Å². The van der Waals surface area contributed by atoms with Crippen LogP contribution in [0.1, 0.15) is 16.2 Å². The van der Waals surface area contributed by atoms with Crippen molar-refractivity contribution in [2.75, 3.05) is 0 Å². The molecule has 0 saturated heterocycles. The number of hydrogen-bond donors (Lipinski definition) is 1. The molecule has 2 aromatic heterocycles. The molecule has 30 heavy (non-hydrogen) atoms. The van der Waals surface area contributed by atoms with Crippen LogP contribution in [-0.4, -0.2) is 44.7 Å². The molecule has 0 bridgehead atoms. The van der Waals surface area contributed by atoms with Crippen molar-refractivity contribution in [3.8, 4) is 0 Å². The quantitative estimate of drug-likeness (QED) is 0.396. The first-order chi connectivity index (χ1) is 13.3. The van der Waals surface area contributed by atoms with Gasteiger partial charge >= 0.3 is 23.7 Å². The van der Waals surface area contributed by atoms with Gasteiger partial charge in [-0.1, -0.05) is 17.8 Å². The average molecular weight is 617 g/mol. The number of carbonyl (C=O) groups is 1. The number of carboxylic acids is 1. The van der Waals surface area contributed by atoms with E-state index in [0.717, 1.165) is 12.3 Å². The maximum atomic E-state index is 13.5. The van der Waals surface area contributed by atoms with Gasteiger partial charge in [0.25, 0.3) is 5.92 Å². The SMILES string of the molecule is FC1(F)[C-]=C(c2ccccn2)C(F)(F)C(F)(F)C1(F)F.O=C(O)c1ccccn1.[Ir]. The van der Waals surface area contributed by atoms with Crippen molar-refractivity contribution >= 4 is 11.5 Å². The Morgan fingerprint density at radius 2 is 1.37 bits per heavy atom. The van der Waals surface area contributed by atoms with Gasteiger partial charge in [0.15, 0.2) is 0 Å². The molecule has 0 aromatic carbocycles. The van der Waals surface area contributed by atoms with E-state index >= 15 is 0 Å². The molecule has 1 aliphatic carbocycles. The largest absolute Gasteiger partial charge is 0.477 e. The van der Waals surface area contributed by atoms with Gasteiger partial charge in [-0.2, -0.15) is 32.4 Å². The zero-order valence-corrected chi connectivity index (χ0v) is 16.6. The van der Waals surface area contributed by atoms with Gasteiger partial charge in [0.1, 0.15) is 5.69 Å². The van der Waals surface area contributed by atoms with E-state index in [2.05, 4.69) is 9.97 Å². The molecule has 1 radical (unpaired) electrons. The molecule has 2 aromatic rings. The number of hydrogen-bond acceptors (Lipinski definition) is 3. The van der Waals surface area contributed by atoms with Crippen LogP contribution in [0.5, 0.6) is 0 Å². The molecule has 0 fully saturated rings. The summed E-state index contributed by atoms with van der Waals surface area (Å²) in [5.74, 6) is -24.6. The number of allylic oxidation sites excluding steroid dienone is 2. The molecule has 4 nitrogen and oxygen atoms in total. The third kappa shape index (κ3) is 4.36. The summed E-state index contributed by atoms with van der Waals surface area (Å²) in [6.07, 6.45) is 2.80. The van der Waals surface area contributed by atoms with E-state index in [-0.39, 0.29) is 25.8 Å². The average Bonchev–Trinajstić information content (AvgIpc) is 2.66. The van der Waals surface area contributed by atoms with Gasteiger partial charge in [-0.05, 0) is 18.2 Å². The first-order valence-electron chi connectivity index (χ1n) is 7.48. The van der Waals surface area contributed by atoms with Crippen molar-refractivity contribution in [2.24, 2.45) is 0 Å². The Balaban J connectivity index is 0.000000379. The molecule has 13 heteroatoms. The number of pyridine rings is 2. The Morgan fingerprint density at radius 1 is 0.833 bits per heavy atom. The van der Waals surface area contributed by atoms with Crippen LogP contribution in [0.4, 0.5) is 35.1 Å². The second-order valence-electron chi connectivity index (χ2n) is 5.53. The molecule has 0 atom stereocenters. The molecular weight excluding hydrogens is 608 g/mol. The van der Waals surface area contributed by atoms with E-state index in [1.807, 2.05) is 0 Å². The van der Waals surface area contributed by atoms with Gasteiger partial charge in [-0.25, -0.2) is 18.6 Å². The molecule has 0 spiro atoms. The van der Waals surface area contributed by atoms with Crippen molar-refractivity contribution in [2.45, 2.75) is 23.7 Å². The molecule has 1 aliphatic rings. The standard InChI is InChI=1S/C11H4F8N.C6H5NO2.Ir/c12-8(13)5-6(7-3-1-2-4-20-7)9(14,15)11(18,19)10(8,16)17;8-6(9)5-3-1-2-4-7-5;/h1-4H;1-4H,(H,8,9);/q-1;;. The van der Waals surface area contributed by atoms with Crippen LogP contribution in [0.25, 0.3) is 5.57 Å². The number of nitrogens with zero attached hydrogens (tertiary/aromatic N) is 2. The minimum Gasteiger partial charge on any atom is -0.477 e. The Labute approximate surface area is 177 Å². The zero-order chi connectivity index (χ0) is 22.1. The smallest absolute Gasteiger partial charge is 0.378 e. The second-order valence-corrected chi connectivity index (χ2v) is 5.53. The van der Waals surface area contributed by atoms with Crippen LogP contribution < -0.4 is 0 Å². The van der Waals surface area contributed by atoms with E-state index in [0.29, 0.717) is 12.1 Å². The number of aromatic carboxylic acids is 1. The fourth-order valence-corrected chi connectivity index (χ4v) is 2.09. The zero-order valence-electron chi connectivity index (χ0n) is 14.2. The summed E-state index contributed by atoms with van der Waals surface area (Å²) in [5.41, 5.74) is -2.95. The molecule has 165 valence electrons. The van der Waals surface area contributed by atoms with Crippen LogP contribution in [0.2, 0.25) is 0 Å². The molecule has 1 N–H and O–H groups in total. The minimum absolute atomic E-state index is 0. The van der Waals surface area contributed by atoms with Gasteiger partial charge in [0, 0.05) is 32.5 Å². The maximum Gasteiger partial charge on any atom is 0.378 e. The summed E-state index contributed by atoms with van der Waals surface area (Å²) in [7, 11) is 0. The Morgan fingerprint density at radius 3 is 1.77 bits per heavy atom. The van der Waals surface area contributed by atoms with Gasteiger partial charge < -0.3 is 10.1 Å². The van der Waals surface area contributed by atoms with E-state index in [1.165, 1.54) is 18.3 Å². The van der Waals surface area contributed by atoms with Crippen molar-refractivity contribution in [3.05, 3.63) is 66.3 Å². The van der Waals surface area contributed by atoms with Gasteiger partial charge in [0.2, 0.25) is 0 Å². The van der Waals surface area contributed by atoms with Crippen LogP contribution in [0.3, 0.4) is 0 Å². The van der Waals surface area contributed by atoms with Crippen LogP contribution in [-0.2, 0) is 20.1 Å². The van der Waals surface area contributed by atoms with Crippen molar-refractivity contribution < 1.29 is 65.1 Å². The number of carboxylic acid groups (broad SMARTS) is 1. The Bertz CT molecular complexity index is 908. The third-order valence-corrected chi connectivity index (χ3v) is 3.58. The summed E-state index contributed by atoms with van der Waals surface area (Å²) in [5, 5.41) is 8.32. The van der Waals surface area contributed by atoms with Crippen molar-refractivity contribution in [1.82, 2.24) is 9.97 Å². The normalized spacial score (nSPS) is 19.9. The third-order valence-electron chi connectivity index (χ3n) is 3.58. The van der Waals surface area contributed by atoms with Gasteiger partial charge in [-0.3, -0.25) is 0 Å². The Kier molecular flexibility index (Phi) is 7.49. The summed E-state index contributed by atoms with van der Waals surface area (Å²) < 4.78 is 105. The predicted molar refractivity (Wildman–Crippen MR) is 81.9 cm³/mol. The predicted octanol–water partition coefficient (Wildman–Crippen LogP) is 4.60. The fourth-order valence-electron chi connectivity index (χ4n) is 2.09. The summed E-state index contributed by atoms with van der Waals surface area (Å²) in [6.45, 7) is 0. The van der Waals surface area contributed by atoms with Crippen molar-refractivity contribution in [3.63, 3.8) is 0 Å². The first kappa shape index (κ1) is 25.6. The number of rotatable bonds is 2. The van der Waals surface area contributed by atoms with Crippen LogP contribution in [0, 0.1) is 6.08 Å². The molecule has 3 rings (SSSR count). The topological polar surface area (TPSA) is 63.1 Å². The molecule has 0 unspecified atom stereocenters. The Hall–Kier alpha value is -2.40. The monoisotopic (exact) mass is 618 g/mol. The van der Waals surface area contributed by atoms with Gasteiger partial charge in [0.05, 0.1) is 0 Å². The maximum absolute atomic E-state index is 13.5. The molecule has 2 heterocycles. The molecular formula is C17H9F8IrN2O2-. The van der Waals surface area contributed by atoms with Crippen molar-refractivity contribution in [1.29, 1.82) is 0 Å². The number of alkyl halides is 8. The minimum atomic E-state index is -6.28.